The van der Waals surface area contributed by atoms with Gasteiger partial charge in [-0.1, -0.05) is 24.3 Å². The Morgan fingerprint density at radius 3 is 2.35 bits per heavy atom. The van der Waals surface area contributed by atoms with E-state index < -0.39 is 34.5 Å². The first-order valence-corrected chi connectivity index (χ1v) is 9.32. The van der Waals surface area contributed by atoms with Crippen LogP contribution in [0.1, 0.15) is 6.92 Å². The number of benzene rings is 2. The number of nitrogens with one attached hydrogen (secondary N) is 2. The summed E-state index contributed by atoms with van der Waals surface area (Å²) in [5.74, 6) is -1.93. The van der Waals surface area contributed by atoms with Crippen molar-refractivity contribution in [3.63, 3.8) is 0 Å². The average Bonchev–Trinajstić information content (AvgIpc) is 2.57. The molecule has 0 radical (unpaired) electrons. The molecule has 1 unspecified atom stereocenters. The Kier molecular flexibility index (Phi) is 5.83. The lowest BCUT2D eigenvalue weighted by Crippen LogP contribution is -2.46. The molecule has 0 aliphatic carbocycles. The molecule has 0 fully saturated rings. The van der Waals surface area contributed by atoms with Crippen molar-refractivity contribution in [2.45, 2.75) is 17.9 Å². The molecule has 0 saturated heterocycles. The third kappa shape index (κ3) is 4.30. The maximum atomic E-state index is 12.8. The third-order valence-corrected chi connectivity index (χ3v) is 5.37. The van der Waals surface area contributed by atoms with Crippen molar-refractivity contribution in [3.05, 3.63) is 36.4 Å². The fourth-order valence-electron chi connectivity index (χ4n) is 2.55. The predicted octanol–water partition coefficient (Wildman–Crippen LogP) is 0.773. The molecule has 0 spiro atoms. The van der Waals surface area contributed by atoms with Gasteiger partial charge in [0.1, 0.15) is 6.54 Å². The zero-order valence-corrected chi connectivity index (χ0v) is 15.5. The van der Waals surface area contributed by atoms with E-state index in [1.54, 1.807) is 18.2 Å². The lowest BCUT2D eigenvalue weighted by Gasteiger charge is -2.18. The normalized spacial score (nSPS) is 12.6. The number of carbonyl (C=O) groups excluding carboxylic acids is 1. The number of hydrogen-bond donors (Lipinski definition) is 3. The van der Waals surface area contributed by atoms with Crippen LogP contribution in [0.25, 0.3) is 10.8 Å². The van der Waals surface area contributed by atoms with Gasteiger partial charge in [-0.3, -0.25) is 9.59 Å². The van der Waals surface area contributed by atoms with Gasteiger partial charge in [-0.2, -0.15) is 4.72 Å². The molecule has 3 N–H and O–H groups in total. The summed E-state index contributed by atoms with van der Waals surface area (Å²) in [6.45, 7) is 0.774. The molecule has 2 aromatic rings. The first-order valence-electron chi connectivity index (χ1n) is 7.84. The van der Waals surface area contributed by atoms with E-state index in [1.165, 1.54) is 13.0 Å². The van der Waals surface area contributed by atoms with Crippen LogP contribution in [0.4, 0.5) is 5.69 Å². The Bertz CT molecular complexity index is 941. The van der Waals surface area contributed by atoms with Crippen molar-refractivity contribution in [1.82, 2.24) is 10.0 Å². The number of nitrogens with zero attached hydrogens (tertiary/aromatic N) is 1. The monoisotopic (exact) mass is 379 g/mol. The highest BCUT2D eigenvalue weighted by Crippen LogP contribution is 2.30. The Morgan fingerprint density at radius 2 is 1.73 bits per heavy atom. The average molecular weight is 379 g/mol. The van der Waals surface area contributed by atoms with Crippen LogP contribution in [-0.4, -0.2) is 52.1 Å². The highest BCUT2D eigenvalue weighted by molar-refractivity contribution is 7.89. The Balaban J connectivity index is 2.36. The number of carbonyl (C=O) groups is 2. The van der Waals surface area contributed by atoms with Crippen LogP contribution in [0.2, 0.25) is 0 Å². The number of anilines is 1. The highest BCUT2D eigenvalue weighted by atomic mass is 32.2. The molecule has 0 bridgehead atoms. The maximum absolute atomic E-state index is 12.8. The third-order valence-electron chi connectivity index (χ3n) is 3.77. The van der Waals surface area contributed by atoms with Crippen LogP contribution in [0.15, 0.2) is 41.3 Å². The number of aliphatic carboxylic acids is 1. The minimum absolute atomic E-state index is 0.0524. The second-order valence-corrected chi connectivity index (χ2v) is 7.66. The van der Waals surface area contributed by atoms with Crippen molar-refractivity contribution in [3.8, 4) is 0 Å². The van der Waals surface area contributed by atoms with Gasteiger partial charge in [0.15, 0.2) is 0 Å². The van der Waals surface area contributed by atoms with Gasteiger partial charge in [0, 0.05) is 30.6 Å². The summed E-state index contributed by atoms with van der Waals surface area (Å²) < 4.78 is 27.8. The van der Waals surface area contributed by atoms with Gasteiger partial charge in [-0.05, 0) is 19.1 Å². The van der Waals surface area contributed by atoms with Gasteiger partial charge in [-0.15, -0.1) is 0 Å². The molecule has 2 rings (SSSR count). The van der Waals surface area contributed by atoms with E-state index in [0.717, 1.165) is 11.1 Å². The van der Waals surface area contributed by atoms with Crippen molar-refractivity contribution in [1.29, 1.82) is 0 Å². The van der Waals surface area contributed by atoms with Crippen LogP contribution in [-0.2, 0) is 19.6 Å². The van der Waals surface area contributed by atoms with Gasteiger partial charge in [0.25, 0.3) is 0 Å². The first kappa shape index (κ1) is 19.7. The summed E-state index contributed by atoms with van der Waals surface area (Å²) in [6, 6.07) is 9.16. The lowest BCUT2D eigenvalue weighted by atomic mass is 10.1. The first-order chi connectivity index (χ1) is 12.1. The summed E-state index contributed by atoms with van der Waals surface area (Å²) >= 11 is 0. The number of amides is 1. The summed E-state index contributed by atoms with van der Waals surface area (Å²) in [5, 5.41) is 12.0. The molecule has 9 heteroatoms. The van der Waals surface area contributed by atoms with Gasteiger partial charge in [-0.25, -0.2) is 8.42 Å². The van der Waals surface area contributed by atoms with Crippen LogP contribution in [0.5, 0.6) is 0 Å². The van der Waals surface area contributed by atoms with Crippen molar-refractivity contribution < 1.29 is 23.1 Å². The molecule has 0 heterocycles. The summed E-state index contributed by atoms with van der Waals surface area (Å²) in [7, 11) is -0.261. The predicted molar refractivity (Wildman–Crippen MR) is 98.7 cm³/mol. The van der Waals surface area contributed by atoms with Gasteiger partial charge in [0.2, 0.25) is 15.9 Å². The SMILES string of the molecule is CC(NS(=O)(=O)c1cccc2c(N(C)C)cccc12)C(=O)NCC(=O)O. The fraction of sp³-hybridized carbons (Fsp3) is 0.294. The number of sulfonamides is 1. The maximum Gasteiger partial charge on any atom is 0.322 e. The van der Waals surface area contributed by atoms with E-state index in [0.29, 0.717) is 5.39 Å². The van der Waals surface area contributed by atoms with Gasteiger partial charge in [0.05, 0.1) is 10.9 Å². The number of carboxylic acids is 1. The fourth-order valence-corrected chi connectivity index (χ4v) is 3.98. The molecule has 140 valence electrons. The molecule has 2 aromatic carbocycles. The van der Waals surface area contributed by atoms with Crippen LogP contribution < -0.4 is 14.9 Å². The van der Waals surface area contributed by atoms with Crippen LogP contribution >= 0.6 is 0 Å². The molecule has 0 aliphatic heterocycles. The lowest BCUT2D eigenvalue weighted by molar-refractivity contribution is -0.138. The number of carboxylic acid groups (broad SMARTS) is 1. The summed E-state index contributed by atoms with van der Waals surface area (Å²) in [5.41, 5.74) is 0.867. The molecule has 26 heavy (non-hydrogen) atoms. The van der Waals surface area contributed by atoms with Gasteiger partial charge >= 0.3 is 5.97 Å². The van der Waals surface area contributed by atoms with E-state index in [-0.39, 0.29) is 4.90 Å². The second-order valence-electron chi connectivity index (χ2n) is 5.98. The standard InChI is InChI=1S/C17H21N3O5S/c1-11(17(23)18-10-16(21)22)19-26(24,25)15-9-5-6-12-13(15)7-4-8-14(12)20(2)3/h4-9,11,19H,10H2,1-3H3,(H,18,23)(H,21,22). The smallest absolute Gasteiger partial charge is 0.322 e. The molecule has 0 aromatic heterocycles. The zero-order chi connectivity index (χ0) is 19.5. The quantitative estimate of drug-likeness (QED) is 0.655. The Labute approximate surface area is 151 Å². The van der Waals surface area contributed by atoms with E-state index in [4.69, 9.17) is 5.11 Å². The number of hydrogen-bond acceptors (Lipinski definition) is 5. The summed E-state index contributed by atoms with van der Waals surface area (Å²) in [6.07, 6.45) is 0. The highest BCUT2D eigenvalue weighted by Gasteiger charge is 2.24. The topological polar surface area (TPSA) is 116 Å². The van der Waals surface area contributed by atoms with Crippen LogP contribution in [0.3, 0.4) is 0 Å². The molecule has 0 aliphatic rings. The number of fused-ring (bicyclic) bond motifs is 1. The van der Waals surface area contributed by atoms with E-state index in [9.17, 15) is 18.0 Å². The van der Waals surface area contributed by atoms with Crippen molar-refractivity contribution in [2.24, 2.45) is 0 Å². The number of rotatable bonds is 7. The largest absolute Gasteiger partial charge is 0.480 e. The zero-order valence-electron chi connectivity index (χ0n) is 14.7. The molecular weight excluding hydrogens is 358 g/mol. The molecular formula is C17H21N3O5S. The molecule has 8 nitrogen and oxygen atoms in total. The molecule has 1 atom stereocenters. The molecule has 1 amide bonds. The van der Waals surface area contributed by atoms with E-state index in [1.807, 2.05) is 31.1 Å². The Morgan fingerprint density at radius 1 is 1.12 bits per heavy atom. The van der Waals surface area contributed by atoms with Crippen molar-refractivity contribution >= 4 is 38.4 Å². The minimum Gasteiger partial charge on any atom is -0.480 e. The Hall–Kier alpha value is -2.65. The second kappa shape index (κ2) is 7.71. The van der Waals surface area contributed by atoms with Crippen molar-refractivity contribution in [2.75, 3.05) is 25.5 Å². The van der Waals surface area contributed by atoms with Gasteiger partial charge < -0.3 is 15.3 Å². The van der Waals surface area contributed by atoms with Crippen LogP contribution in [0, 0.1) is 0 Å². The molecule has 0 saturated carbocycles. The van der Waals surface area contributed by atoms with E-state index >= 15 is 0 Å². The summed E-state index contributed by atoms with van der Waals surface area (Å²) in [4.78, 5) is 24.3. The van der Waals surface area contributed by atoms with E-state index in [2.05, 4.69) is 10.0 Å². The minimum atomic E-state index is -3.99.